The van der Waals surface area contributed by atoms with Crippen molar-refractivity contribution in [1.29, 1.82) is 0 Å². The van der Waals surface area contributed by atoms with Crippen LogP contribution in [0.2, 0.25) is 0 Å². The summed E-state index contributed by atoms with van der Waals surface area (Å²) in [5.41, 5.74) is 5.11. The summed E-state index contributed by atoms with van der Waals surface area (Å²) in [5.74, 6) is 1.13. The normalized spacial score (nSPS) is 18.5. The molecule has 3 nitrogen and oxygen atoms in total. The third-order valence-electron chi connectivity index (χ3n) is 8.50. The van der Waals surface area contributed by atoms with E-state index in [9.17, 15) is 4.79 Å². The van der Waals surface area contributed by atoms with Crippen molar-refractivity contribution in [1.82, 2.24) is 9.88 Å². The molecule has 1 atom stereocenters. The highest BCUT2D eigenvalue weighted by atomic mass is 16.1. The second-order valence-electron chi connectivity index (χ2n) is 11.2. The molecule has 2 aliphatic carbocycles. The first-order valence-electron chi connectivity index (χ1n) is 14.1. The zero-order valence-electron chi connectivity index (χ0n) is 21.5. The number of carbonyl (C=O) groups is 1. The number of amides is 1. The molecular formula is C32H42N2O. The summed E-state index contributed by atoms with van der Waals surface area (Å²) in [4.78, 5) is 13.3. The summed E-state index contributed by atoms with van der Waals surface area (Å²) in [6.45, 7) is 3.22. The summed E-state index contributed by atoms with van der Waals surface area (Å²) in [5, 5.41) is 4.68. The van der Waals surface area contributed by atoms with E-state index in [4.69, 9.17) is 0 Å². The van der Waals surface area contributed by atoms with Crippen molar-refractivity contribution in [3.05, 3.63) is 71.4 Å². The number of aromatic nitrogens is 1. The van der Waals surface area contributed by atoms with Gasteiger partial charge in [0.1, 0.15) is 0 Å². The highest BCUT2D eigenvalue weighted by Gasteiger charge is 2.25. The minimum atomic E-state index is 0.0688. The van der Waals surface area contributed by atoms with Crippen molar-refractivity contribution in [2.45, 2.75) is 102 Å². The fourth-order valence-corrected chi connectivity index (χ4v) is 6.55. The fourth-order valence-electron chi connectivity index (χ4n) is 6.55. The van der Waals surface area contributed by atoms with Crippen molar-refractivity contribution < 1.29 is 4.79 Å². The van der Waals surface area contributed by atoms with E-state index in [0.717, 1.165) is 25.3 Å². The molecule has 3 heteroatoms. The molecule has 2 saturated carbocycles. The van der Waals surface area contributed by atoms with Crippen LogP contribution in [0.1, 0.15) is 99.7 Å². The largest absolute Gasteiger partial charge is 0.353 e. The highest BCUT2D eigenvalue weighted by Crippen LogP contribution is 2.36. The number of carbonyl (C=O) groups excluding carboxylic acids is 1. The summed E-state index contributed by atoms with van der Waals surface area (Å²) in [6, 6.07) is 17.9. The van der Waals surface area contributed by atoms with Gasteiger partial charge in [-0.3, -0.25) is 4.79 Å². The van der Waals surface area contributed by atoms with Crippen LogP contribution in [0.15, 0.2) is 54.7 Å². The molecule has 0 spiro atoms. The Kier molecular flexibility index (Phi) is 7.91. The van der Waals surface area contributed by atoms with Crippen molar-refractivity contribution in [3.63, 3.8) is 0 Å². The van der Waals surface area contributed by atoms with Gasteiger partial charge in [0.2, 0.25) is 5.91 Å². The maximum absolute atomic E-state index is 13.3. The van der Waals surface area contributed by atoms with Gasteiger partial charge in [-0.2, -0.15) is 0 Å². The number of hydrogen-bond acceptors (Lipinski definition) is 1. The van der Waals surface area contributed by atoms with Crippen LogP contribution in [0.25, 0.3) is 10.9 Å². The van der Waals surface area contributed by atoms with E-state index >= 15 is 0 Å². The van der Waals surface area contributed by atoms with Crippen LogP contribution in [-0.2, 0) is 11.3 Å². The summed E-state index contributed by atoms with van der Waals surface area (Å²) < 4.78 is 2.47. The lowest BCUT2D eigenvalue weighted by Crippen LogP contribution is -2.36. The molecule has 1 aromatic heterocycles. The molecule has 2 aliphatic rings. The lowest BCUT2D eigenvalue weighted by molar-refractivity contribution is -0.122. The standard InChI is InChI=1S/C32H42N2O/c1-24-11-10-14-26(21-24)29(22-32(35)33-27-15-6-3-7-16-27)30-23-34(31-18-9-8-17-28(30)31)20-19-25-12-4-2-5-13-25/h8-11,14,17-18,21,23,25,27,29H,2-7,12-13,15-16,19-20,22H2,1H3,(H,33,35). The maximum atomic E-state index is 13.3. The molecule has 3 aromatic rings. The molecule has 1 amide bonds. The molecule has 186 valence electrons. The number of nitrogens with one attached hydrogen (secondary N) is 1. The Morgan fingerprint density at radius 2 is 1.69 bits per heavy atom. The van der Waals surface area contributed by atoms with Crippen molar-refractivity contribution >= 4 is 16.8 Å². The SMILES string of the molecule is Cc1cccc(C(CC(=O)NC2CCCCC2)c2cn(CCC3CCCCC3)c3ccccc23)c1. The van der Waals surface area contributed by atoms with Gasteiger partial charge in [0.25, 0.3) is 0 Å². The Labute approximate surface area is 211 Å². The summed E-state index contributed by atoms with van der Waals surface area (Å²) in [6.07, 6.45) is 17.2. The minimum absolute atomic E-state index is 0.0688. The minimum Gasteiger partial charge on any atom is -0.353 e. The number of para-hydroxylation sites is 1. The van der Waals surface area contributed by atoms with Crippen LogP contribution in [0.4, 0.5) is 0 Å². The number of benzene rings is 2. The Hall–Kier alpha value is -2.55. The van der Waals surface area contributed by atoms with E-state index in [1.54, 1.807) is 0 Å². The van der Waals surface area contributed by atoms with E-state index in [2.05, 4.69) is 71.5 Å². The van der Waals surface area contributed by atoms with Crippen molar-refractivity contribution in [2.75, 3.05) is 0 Å². The molecule has 0 bridgehead atoms. The number of aryl methyl sites for hydroxylation is 2. The van der Waals surface area contributed by atoms with Gasteiger partial charge >= 0.3 is 0 Å². The molecule has 5 rings (SSSR count). The number of rotatable bonds is 8. The molecule has 0 aliphatic heterocycles. The monoisotopic (exact) mass is 470 g/mol. The van der Waals surface area contributed by atoms with Crippen molar-refractivity contribution in [3.8, 4) is 0 Å². The molecular weight excluding hydrogens is 428 g/mol. The number of fused-ring (bicyclic) bond motifs is 1. The Morgan fingerprint density at radius 1 is 0.943 bits per heavy atom. The number of hydrogen-bond donors (Lipinski definition) is 1. The van der Waals surface area contributed by atoms with E-state index in [1.807, 2.05) is 0 Å². The maximum Gasteiger partial charge on any atom is 0.221 e. The predicted octanol–water partition coefficient (Wildman–Crippen LogP) is 7.89. The third kappa shape index (κ3) is 6.00. The molecule has 1 unspecified atom stereocenters. The lowest BCUT2D eigenvalue weighted by Gasteiger charge is -2.24. The average molecular weight is 471 g/mol. The second-order valence-corrected chi connectivity index (χ2v) is 11.2. The van der Waals surface area contributed by atoms with E-state index < -0.39 is 0 Å². The zero-order chi connectivity index (χ0) is 24.0. The van der Waals surface area contributed by atoms with Crippen LogP contribution in [0.5, 0.6) is 0 Å². The Bertz CT molecular complexity index is 1120. The van der Waals surface area contributed by atoms with E-state index in [-0.39, 0.29) is 11.8 Å². The van der Waals surface area contributed by atoms with E-state index in [0.29, 0.717) is 12.5 Å². The smallest absolute Gasteiger partial charge is 0.221 e. The topological polar surface area (TPSA) is 34.0 Å². The van der Waals surface area contributed by atoms with Crippen molar-refractivity contribution in [2.24, 2.45) is 5.92 Å². The van der Waals surface area contributed by atoms with Gasteiger partial charge in [0.05, 0.1) is 0 Å². The first-order valence-corrected chi connectivity index (χ1v) is 14.1. The molecule has 0 radical (unpaired) electrons. The molecule has 35 heavy (non-hydrogen) atoms. The first kappa shape index (κ1) is 24.2. The average Bonchev–Trinajstić information content (AvgIpc) is 3.26. The van der Waals surface area contributed by atoms with Crippen LogP contribution in [0.3, 0.4) is 0 Å². The fraction of sp³-hybridized carbons (Fsp3) is 0.531. The predicted molar refractivity (Wildman–Crippen MR) is 146 cm³/mol. The van der Waals surface area contributed by atoms with Crippen LogP contribution >= 0.6 is 0 Å². The summed E-state index contributed by atoms with van der Waals surface area (Å²) in [7, 11) is 0. The summed E-state index contributed by atoms with van der Waals surface area (Å²) >= 11 is 0. The van der Waals surface area contributed by atoms with E-state index in [1.165, 1.54) is 85.4 Å². The lowest BCUT2D eigenvalue weighted by atomic mass is 9.87. The van der Waals surface area contributed by atoms with Crippen LogP contribution < -0.4 is 5.32 Å². The van der Waals surface area contributed by atoms with Crippen LogP contribution in [-0.4, -0.2) is 16.5 Å². The number of nitrogens with zero attached hydrogens (tertiary/aromatic N) is 1. The van der Waals surface area contributed by atoms with Gasteiger partial charge in [0, 0.05) is 42.0 Å². The van der Waals surface area contributed by atoms with Gasteiger partial charge in [-0.15, -0.1) is 0 Å². The molecule has 2 aromatic carbocycles. The van der Waals surface area contributed by atoms with Gasteiger partial charge in [-0.25, -0.2) is 0 Å². The van der Waals surface area contributed by atoms with Gasteiger partial charge in [0.15, 0.2) is 0 Å². The first-order chi connectivity index (χ1) is 17.2. The van der Waals surface area contributed by atoms with Crippen LogP contribution in [0, 0.1) is 12.8 Å². The third-order valence-corrected chi connectivity index (χ3v) is 8.50. The molecule has 0 saturated heterocycles. The Morgan fingerprint density at radius 3 is 2.46 bits per heavy atom. The van der Waals surface area contributed by atoms with Gasteiger partial charge < -0.3 is 9.88 Å². The molecule has 1 N–H and O–H groups in total. The molecule has 1 heterocycles. The zero-order valence-corrected chi connectivity index (χ0v) is 21.5. The quantitative estimate of drug-likeness (QED) is 0.357. The second kappa shape index (κ2) is 11.5. The van der Waals surface area contributed by atoms with Gasteiger partial charge in [-0.05, 0) is 49.3 Å². The highest BCUT2D eigenvalue weighted by molar-refractivity contribution is 5.86. The molecule has 2 fully saturated rings. The Balaban J connectivity index is 1.43. The van der Waals surface area contributed by atoms with Gasteiger partial charge in [-0.1, -0.05) is 99.4 Å².